The number of aromatic nitrogens is 2. The zero-order valence-corrected chi connectivity index (χ0v) is 12.3. The third kappa shape index (κ3) is 3.40. The van der Waals surface area contributed by atoms with Crippen LogP contribution in [0.25, 0.3) is 0 Å². The second-order valence-electron chi connectivity index (χ2n) is 6.13. The SMILES string of the molecule is CC(C)(C(=O)O)C1CCCN(Cc2nccn2C(F)F)C1. The molecule has 1 aromatic heterocycles. The van der Waals surface area contributed by atoms with Gasteiger partial charge in [-0.1, -0.05) is 0 Å². The molecule has 0 saturated carbocycles. The quantitative estimate of drug-likeness (QED) is 0.908. The van der Waals surface area contributed by atoms with Crippen molar-refractivity contribution in [1.82, 2.24) is 14.5 Å². The van der Waals surface area contributed by atoms with Gasteiger partial charge in [0.25, 0.3) is 0 Å². The van der Waals surface area contributed by atoms with Gasteiger partial charge in [0, 0.05) is 18.9 Å². The van der Waals surface area contributed by atoms with Crippen molar-refractivity contribution in [3.05, 3.63) is 18.2 Å². The molecule has 0 bridgehead atoms. The Bertz CT molecular complexity index is 502. The Labute approximate surface area is 122 Å². The molecule has 1 aromatic rings. The summed E-state index contributed by atoms with van der Waals surface area (Å²) in [4.78, 5) is 17.3. The molecule has 1 aliphatic rings. The Kier molecular flexibility index (Phi) is 4.61. The number of piperidine rings is 1. The van der Waals surface area contributed by atoms with E-state index in [1.54, 1.807) is 13.8 Å². The molecule has 2 heterocycles. The Morgan fingerprint density at radius 2 is 2.29 bits per heavy atom. The van der Waals surface area contributed by atoms with E-state index in [1.807, 2.05) is 4.90 Å². The minimum atomic E-state index is -2.60. The van der Waals surface area contributed by atoms with Crippen molar-refractivity contribution in [3.8, 4) is 0 Å². The number of aliphatic carboxylic acids is 1. The largest absolute Gasteiger partial charge is 0.481 e. The van der Waals surface area contributed by atoms with E-state index in [1.165, 1.54) is 12.4 Å². The van der Waals surface area contributed by atoms with Crippen molar-refractivity contribution in [2.24, 2.45) is 11.3 Å². The van der Waals surface area contributed by atoms with Gasteiger partial charge in [0.05, 0.1) is 12.0 Å². The summed E-state index contributed by atoms with van der Waals surface area (Å²) in [6.07, 6.45) is 4.35. The van der Waals surface area contributed by atoms with E-state index in [-0.39, 0.29) is 5.92 Å². The lowest BCUT2D eigenvalue weighted by Gasteiger charge is -2.39. The highest BCUT2D eigenvalue weighted by Gasteiger charge is 2.39. The first-order valence-electron chi connectivity index (χ1n) is 7.08. The number of carboxylic acids is 1. The average molecular weight is 301 g/mol. The number of hydrogen-bond donors (Lipinski definition) is 1. The molecule has 0 aromatic carbocycles. The van der Waals surface area contributed by atoms with Gasteiger partial charge in [-0.15, -0.1) is 0 Å². The molecule has 0 radical (unpaired) electrons. The molecule has 21 heavy (non-hydrogen) atoms. The Hall–Kier alpha value is -1.50. The first-order chi connectivity index (χ1) is 9.82. The van der Waals surface area contributed by atoms with Crippen LogP contribution in [0.2, 0.25) is 0 Å². The lowest BCUT2D eigenvalue weighted by molar-refractivity contribution is -0.151. The van der Waals surface area contributed by atoms with E-state index >= 15 is 0 Å². The van der Waals surface area contributed by atoms with Gasteiger partial charge in [-0.3, -0.25) is 14.3 Å². The summed E-state index contributed by atoms with van der Waals surface area (Å²) in [5.41, 5.74) is -0.809. The third-order valence-corrected chi connectivity index (χ3v) is 4.40. The van der Waals surface area contributed by atoms with E-state index in [2.05, 4.69) is 4.98 Å². The number of nitrogens with zero attached hydrogens (tertiary/aromatic N) is 3. The molecule has 1 saturated heterocycles. The van der Waals surface area contributed by atoms with Crippen LogP contribution >= 0.6 is 0 Å². The van der Waals surface area contributed by atoms with Crippen LogP contribution in [0.4, 0.5) is 8.78 Å². The zero-order valence-electron chi connectivity index (χ0n) is 12.3. The third-order valence-electron chi connectivity index (χ3n) is 4.40. The predicted molar refractivity (Wildman–Crippen MR) is 72.9 cm³/mol. The first kappa shape index (κ1) is 15.9. The van der Waals surface area contributed by atoms with Gasteiger partial charge in [0.2, 0.25) is 0 Å². The molecular weight excluding hydrogens is 280 g/mol. The molecule has 118 valence electrons. The Balaban J connectivity index is 2.05. The number of halogens is 2. The molecule has 1 N–H and O–H groups in total. The number of hydrogen-bond acceptors (Lipinski definition) is 3. The molecular formula is C14H21F2N3O2. The van der Waals surface area contributed by atoms with Gasteiger partial charge in [0.1, 0.15) is 5.82 Å². The molecule has 0 aliphatic carbocycles. The monoisotopic (exact) mass is 301 g/mol. The topological polar surface area (TPSA) is 58.4 Å². The van der Waals surface area contributed by atoms with Crippen molar-refractivity contribution in [3.63, 3.8) is 0 Å². The number of carboxylic acid groups (broad SMARTS) is 1. The van der Waals surface area contributed by atoms with E-state index < -0.39 is 17.9 Å². The lowest BCUT2D eigenvalue weighted by Crippen LogP contribution is -2.44. The standard InChI is InChI=1S/C14H21F2N3O2/c1-14(2,12(20)21)10-4-3-6-18(8-10)9-11-17-5-7-19(11)13(15)16/h5,7,10,13H,3-4,6,8-9H2,1-2H3,(H,20,21). The highest BCUT2D eigenvalue weighted by atomic mass is 19.3. The number of imidazole rings is 1. The fraction of sp³-hybridized carbons (Fsp3) is 0.714. The average Bonchev–Trinajstić information content (AvgIpc) is 2.87. The maximum atomic E-state index is 12.8. The van der Waals surface area contributed by atoms with Crippen molar-refractivity contribution >= 4 is 5.97 Å². The van der Waals surface area contributed by atoms with Crippen LogP contribution in [0.15, 0.2) is 12.4 Å². The molecule has 0 spiro atoms. The van der Waals surface area contributed by atoms with Crippen LogP contribution in [-0.2, 0) is 11.3 Å². The minimum absolute atomic E-state index is 0.0127. The van der Waals surface area contributed by atoms with Gasteiger partial charge < -0.3 is 5.11 Å². The first-order valence-corrected chi connectivity index (χ1v) is 7.08. The van der Waals surface area contributed by atoms with E-state index in [4.69, 9.17) is 0 Å². The molecule has 7 heteroatoms. The zero-order chi connectivity index (χ0) is 15.6. The molecule has 0 amide bonds. The smallest absolute Gasteiger partial charge is 0.319 e. The van der Waals surface area contributed by atoms with Gasteiger partial charge in [-0.2, -0.15) is 8.78 Å². The normalized spacial score (nSPS) is 20.9. The molecule has 1 unspecified atom stereocenters. The van der Waals surface area contributed by atoms with Crippen LogP contribution in [0.5, 0.6) is 0 Å². The Morgan fingerprint density at radius 3 is 2.90 bits per heavy atom. The molecule has 1 atom stereocenters. The number of alkyl halides is 2. The second kappa shape index (κ2) is 6.09. The molecule has 2 rings (SSSR count). The van der Waals surface area contributed by atoms with Gasteiger partial charge in [-0.25, -0.2) is 4.98 Å². The van der Waals surface area contributed by atoms with Crippen molar-refractivity contribution < 1.29 is 18.7 Å². The van der Waals surface area contributed by atoms with E-state index in [9.17, 15) is 18.7 Å². The maximum Gasteiger partial charge on any atom is 0.319 e. The second-order valence-corrected chi connectivity index (χ2v) is 6.13. The maximum absolute atomic E-state index is 12.8. The number of likely N-dealkylation sites (tertiary alicyclic amines) is 1. The van der Waals surface area contributed by atoms with Crippen LogP contribution in [0.3, 0.4) is 0 Å². The lowest BCUT2D eigenvalue weighted by atomic mass is 9.74. The predicted octanol–water partition coefficient (Wildman–Crippen LogP) is 2.60. The van der Waals surface area contributed by atoms with Crippen LogP contribution < -0.4 is 0 Å². The summed E-state index contributed by atoms with van der Waals surface area (Å²) in [5, 5.41) is 9.32. The van der Waals surface area contributed by atoms with E-state index in [0.717, 1.165) is 24.0 Å². The summed E-state index contributed by atoms with van der Waals surface area (Å²) >= 11 is 0. The highest BCUT2D eigenvalue weighted by molar-refractivity contribution is 5.74. The van der Waals surface area contributed by atoms with E-state index in [0.29, 0.717) is 18.9 Å². The fourth-order valence-electron chi connectivity index (χ4n) is 2.81. The summed E-state index contributed by atoms with van der Waals surface area (Å²) < 4.78 is 26.5. The summed E-state index contributed by atoms with van der Waals surface area (Å²) in [7, 11) is 0. The van der Waals surface area contributed by atoms with Gasteiger partial charge >= 0.3 is 12.5 Å². The Morgan fingerprint density at radius 1 is 1.57 bits per heavy atom. The summed E-state index contributed by atoms with van der Waals surface area (Å²) in [5.74, 6) is -0.485. The van der Waals surface area contributed by atoms with Crippen LogP contribution in [-0.4, -0.2) is 38.6 Å². The number of carbonyl (C=O) groups is 1. The summed E-state index contributed by atoms with van der Waals surface area (Å²) in [6, 6.07) is 0. The molecule has 5 nitrogen and oxygen atoms in total. The molecule has 1 aliphatic heterocycles. The van der Waals surface area contributed by atoms with Gasteiger partial charge in [0.15, 0.2) is 0 Å². The minimum Gasteiger partial charge on any atom is -0.481 e. The van der Waals surface area contributed by atoms with Crippen molar-refractivity contribution in [2.45, 2.75) is 39.8 Å². The molecule has 1 fully saturated rings. The van der Waals surface area contributed by atoms with Crippen LogP contribution in [0.1, 0.15) is 39.1 Å². The van der Waals surface area contributed by atoms with Crippen LogP contribution in [0, 0.1) is 11.3 Å². The fourth-order valence-corrected chi connectivity index (χ4v) is 2.81. The summed E-state index contributed by atoms with van der Waals surface area (Å²) in [6.45, 7) is 2.55. The van der Waals surface area contributed by atoms with Crippen molar-refractivity contribution in [1.29, 1.82) is 0 Å². The van der Waals surface area contributed by atoms with Crippen molar-refractivity contribution in [2.75, 3.05) is 13.1 Å². The van der Waals surface area contributed by atoms with Gasteiger partial charge in [-0.05, 0) is 39.2 Å². The highest BCUT2D eigenvalue weighted by Crippen LogP contribution is 2.34. The number of rotatable bonds is 5.